The van der Waals surface area contributed by atoms with Crippen LogP contribution in [0.15, 0.2) is 18.7 Å². The Morgan fingerprint density at radius 1 is 1.44 bits per heavy atom. The van der Waals surface area contributed by atoms with Crippen molar-refractivity contribution in [2.75, 3.05) is 27.2 Å². The fourth-order valence-corrected chi connectivity index (χ4v) is 2.40. The Morgan fingerprint density at radius 3 is 2.83 bits per heavy atom. The first-order chi connectivity index (χ1) is 8.68. The Kier molecular flexibility index (Phi) is 4.25. The summed E-state index contributed by atoms with van der Waals surface area (Å²) in [4.78, 5) is 24.0. The molecule has 0 N–H and O–H groups in total. The number of carbonyl (C=O) groups is 1. The van der Waals surface area contributed by atoms with Crippen LogP contribution >= 0.6 is 0 Å². The fourth-order valence-electron chi connectivity index (χ4n) is 2.40. The molecule has 0 spiro atoms. The summed E-state index contributed by atoms with van der Waals surface area (Å²) in [6, 6.07) is 0.470. The molecule has 0 radical (unpaired) electrons. The highest BCUT2D eigenvalue weighted by Gasteiger charge is 2.22. The molecule has 1 saturated heterocycles. The Balaban J connectivity index is 1.95. The van der Waals surface area contributed by atoms with Crippen LogP contribution in [0.2, 0.25) is 0 Å². The van der Waals surface area contributed by atoms with E-state index in [0.29, 0.717) is 11.6 Å². The number of hydrogen-bond acceptors (Lipinski definition) is 4. The zero-order valence-electron chi connectivity index (χ0n) is 11.0. The van der Waals surface area contributed by atoms with Gasteiger partial charge in [-0.1, -0.05) is 6.42 Å². The van der Waals surface area contributed by atoms with Gasteiger partial charge in [0.2, 0.25) is 0 Å². The summed E-state index contributed by atoms with van der Waals surface area (Å²) in [5.74, 6) is -0.00502. The summed E-state index contributed by atoms with van der Waals surface area (Å²) >= 11 is 0. The number of piperidine rings is 1. The smallest absolute Gasteiger partial charge is 0.256 e. The minimum Gasteiger partial charge on any atom is -0.340 e. The Morgan fingerprint density at radius 2 is 2.17 bits per heavy atom. The van der Waals surface area contributed by atoms with Crippen molar-refractivity contribution in [1.29, 1.82) is 0 Å². The van der Waals surface area contributed by atoms with Crippen molar-refractivity contribution in [3.8, 4) is 0 Å². The van der Waals surface area contributed by atoms with Gasteiger partial charge in [0.1, 0.15) is 6.33 Å². The summed E-state index contributed by atoms with van der Waals surface area (Å²) in [7, 11) is 3.98. The predicted molar refractivity (Wildman–Crippen MR) is 69.3 cm³/mol. The van der Waals surface area contributed by atoms with Crippen molar-refractivity contribution < 1.29 is 4.79 Å². The van der Waals surface area contributed by atoms with E-state index >= 15 is 0 Å². The number of rotatable bonds is 3. The Bertz CT molecular complexity index is 395. The third kappa shape index (κ3) is 3.04. The number of hydrogen-bond donors (Lipinski definition) is 0. The van der Waals surface area contributed by atoms with Crippen molar-refractivity contribution in [3.63, 3.8) is 0 Å². The van der Waals surface area contributed by atoms with Gasteiger partial charge in [0, 0.05) is 32.0 Å². The van der Waals surface area contributed by atoms with Crippen LogP contribution in [0, 0.1) is 0 Å². The van der Waals surface area contributed by atoms with Crippen molar-refractivity contribution in [2.45, 2.75) is 25.3 Å². The highest BCUT2D eigenvalue weighted by Crippen LogP contribution is 2.16. The quantitative estimate of drug-likeness (QED) is 0.801. The first-order valence-electron chi connectivity index (χ1n) is 6.39. The lowest BCUT2D eigenvalue weighted by molar-refractivity contribution is 0.0716. The molecular weight excluding hydrogens is 228 g/mol. The molecule has 2 heterocycles. The average Bonchev–Trinajstić information content (AvgIpc) is 2.41. The minimum absolute atomic E-state index is 0.00502. The van der Waals surface area contributed by atoms with Gasteiger partial charge in [0.25, 0.3) is 5.91 Å². The molecule has 5 heteroatoms. The van der Waals surface area contributed by atoms with Crippen LogP contribution in [0.3, 0.4) is 0 Å². The zero-order chi connectivity index (χ0) is 13.0. The normalized spacial score (nSPS) is 20.7. The van der Waals surface area contributed by atoms with Gasteiger partial charge in [-0.2, -0.15) is 0 Å². The van der Waals surface area contributed by atoms with Gasteiger partial charge in [-0.25, -0.2) is 9.97 Å². The van der Waals surface area contributed by atoms with Gasteiger partial charge < -0.3 is 9.80 Å². The van der Waals surface area contributed by atoms with Crippen LogP contribution in [0.4, 0.5) is 0 Å². The minimum atomic E-state index is -0.00502. The van der Waals surface area contributed by atoms with Crippen molar-refractivity contribution in [2.24, 2.45) is 0 Å². The van der Waals surface area contributed by atoms with Crippen LogP contribution in [0.25, 0.3) is 0 Å². The third-order valence-corrected chi connectivity index (χ3v) is 3.56. The molecule has 18 heavy (non-hydrogen) atoms. The molecule has 2 rings (SSSR count). The van der Waals surface area contributed by atoms with Crippen LogP contribution < -0.4 is 0 Å². The molecule has 1 aliphatic heterocycles. The number of aromatic nitrogens is 2. The number of nitrogens with zero attached hydrogens (tertiary/aromatic N) is 4. The van der Waals surface area contributed by atoms with Crippen molar-refractivity contribution in [1.82, 2.24) is 19.8 Å². The second kappa shape index (κ2) is 5.91. The summed E-state index contributed by atoms with van der Waals surface area (Å²) in [5.41, 5.74) is 0.554. The highest BCUT2D eigenvalue weighted by molar-refractivity contribution is 5.93. The number of likely N-dealkylation sites (N-methyl/N-ethyl adjacent to an activating group) is 2. The predicted octanol–water partition coefficient (Wildman–Crippen LogP) is 1.03. The summed E-state index contributed by atoms with van der Waals surface area (Å²) < 4.78 is 0. The van der Waals surface area contributed by atoms with Crippen LogP contribution in [0.5, 0.6) is 0 Å². The molecule has 1 aliphatic rings. The molecule has 1 atom stereocenters. The van der Waals surface area contributed by atoms with Gasteiger partial charge >= 0.3 is 0 Å². The van der Waals surface area contributed by atoms with E-state index in [4.69, 9.17) is 0 Å². The van der Waals surface area contributed by atoms with E-state index in [0.717, 1.165) is 13.1 Å². The van der Waals surface area contributed by atoms with Gasteiger partial charge in [0.05, 0.1) is 5.56 Å². The molecule has 0 bridgehead atoms. The second-order valence-electron chi connectivity index (χ2n) is 4.94. The van der Waals surface area contributed by atoms with Crippen molar-refractivity contribution in [3.05, 3.63) is 24.3 Å². The number of amides is 1. The number of likely N-dealkylation sites (tertiary alicyclic amines) is 1. The van der Waals surface area contributed by atoms with Gasteiger partial charge in [-0.3, -0.25) is 4.79 Å². The molecular formula is C13H20N4O. The van der Waals surface area contributed by atoms with Crippen molar-refractivity contribution >= 4 is 5.91 Å². The van der Waals surface area contributed by atoms with Gasteiger partial charge in [0.15, 0.2) is 0 Å². The zero-order valence-corrected chi connectivity index (χ0v) is 11.0. The van der Waals surface area contributed by atoms with Crippen LogP contribution in [-0.4, -0.2) is 58.9 Å². The molecule has 1 amide bonds. The Labute approximate surface area is 108 Å². The third-order valence-electron chi connectivity index (χ3n) is 3.56. The highest BCUT2D eigenvalue weighted by atomic mass is 16.2. The lowest BCUT2D eigenvalue weighted by atomic mass is 10.0. The largest absolute Gasteiger partial charge is 0.340 e. The average molecular weight is 248 g/mol. The molecule has 98 valence electrons. The van der Waals surface area contributed by atoms with Crippen LogP contribution in [0.1, 0.15) is 29.6 Å². The van der Waals surface area contributed by atoms with E-state index in [9.17, 15) is 4.79 Å². The lowest BCUT2D eigenvalue weighted by Gasteiger charge is -2.35. The Hall–Kier alpha value is -1.49. The van der Waals surface area contributed by atoms with E-state index in [1.807, 2.05) is 7.05 Å². The molecule has 1 aromatic rings. The maximum absolute atomic E-state index is 12.2. The standard InChI is InChI=1S/C13H20N4O/c1-16-6-4-3-5-12(16)9-17(2)13(18)11-7-14-10-15-8-11/h7-8,10,12H,3-6,9H2,1-2H3. The summed E-state index contributed by atoms with van der Waals surface area (Å²) in [6.45, 7) is 1.89. The fraction of sp³-hybridized carbons (Fsp3) is 0.615. The monoisotopic (exact) mass is 248 g/mol. The van der Waals surface area contributed by atoms with Gasteiger partial charge in [-0.05, 0) is 26.4 Å². The topological polar surface area (TPSA) is 49.3 Å². The first kappa shape index (κ1) is 13.0. The van der Waals surface area contributed by atoms with E-state index in [1.54, 1.807) is 17.3 Å². The number of carbonyl (C=O) groups excluding carboxylic acids is 1. The maximum atomic E-state index is 12.2. The molecule has 0 aromatic carbocycles. The molecule has 1 aromatic heterocycles. The first-order valence-corrected chi connectivity index (χ1v) is 6.39. The van der Waals surface area contributed by atoms with E-state index in [2.05, 4.69) is 21.9 Å². The van der Waals surface area contributed by atoms with Crippen LogP contribution in [-0.2, 0) is 0 Å². The van der Waals surface area contributed by atoms with E-state index in [-0.39, 0.29) is 5.91 Å². The van der Waals surface area contributed by atoms with E-state index in [1.165, 1.54) is 25.6 Å². The summed E-state index contributed by atoms with van der Waals surface area (Å²) in [6.07, 6.45) is 8.25. The maximum Gasteiger partial charge on any atom is 0.256 e. The summed E-state index contributed by atoms with van der Waals surface area (Å²) in [5, 5.41) is 0. The molecule has 0 aliphatic carbocycles. The van der Waals surface area contributed by atoms with E-state index < -0.39 is 0 Å². The van der Waals surface area contributed by atoms with Gasteiger partial charge in [-0.15, -0.1) is 0 Å². The lowest BCUT2D eigenvalue weighted by Crippen LogP contribution is -2.45. The molecule has 1 fully saturated rings. The molecule has 5 nitrogen and oxygen atoms in total. The molecule has 0 saturated carbocycles. The second-order valence-corrected chi connectivity index (χ2v) is 4.94. The molecule has 1 unspecified atom stereocenters. The SMILES string of the molecule is CN(CC1CCCCN1C)C(=O)c1cncnc1.